The lowest BCUT2D eigenvalue weighted by molar-refractivity contribution is 0.0951. The number of nitrogens with zero attached hydrogens (tertiary/aromatic N) is 6. The van der Waals surface area contributed by atoms with Gasteiger partial charge >= 0.3 is 0 Å². The van der Waals surface area contributed by atoms with Crippen LogP contribution in [-0.4, -0.2) is 58.7 Å². The molecule has 37 heavy (non-hydrogen) atoms. The van der Waals surface area contributed by atoms with Crippen LogP contribution in [0.25, 0.3) is 11.3 Å². The molecule has 1 saturated heterocycles. The molecule has 6 rings (SSSR count). The summed E-state index contributed by atoms with van der Waals surface area (Å²) in [7, 11) is 0. The molecule has 0 atom stereocenters. The lowest BCUT2D eigenvalue weighted by atomic mass is 10.0. The van der Waals surface area contributed by atoms with Gasteiger partial charge in [0.2, 0.25) is 5.95 Å². The van der Waals surface area contributed by atoms with Crippen molar-refractivity contribution < 1.29 is 9.53 Å². The smallest absolute Gasteiger partial charge is 0.251 e. The van der Waals surface area contributed by atoms with Crippen molar-refractivity contribution in [2.75, 3.05) is 42.6 Å². The van der Waals surface area contributed by atoms with Crippen LogP contribution in [0.5, 0.6) is 0 Å². The molecule has 4 aromatic rings. The zero-order chi connectivity index (χ0) is 25.0. The molecule has 0 unspecified atom stereocenters. The second-order valence-corrected chi connectivity index (χ2v) is 9.00. The molecule has 2 aliphatic rings. The van der Waals surface area contributed by atoms with E-state index in [0.29, 0.717) is 31.3 Å². The van der Waals surface area contributed by atoms with Crippen molar-refractivity contribution in [2.24, 2.45) is 0 Å². The molecule has 1 N–H and O–H groups in total. The molecule has 1 amide bonds. The number of amides is 1. The lowest BCUT2D eigenvalue weighted by Gasteiger charge is -2.28. The van der Waals surface area contributed by atoms with E-state index >= 15 is 0 Å². The highest BCUT2D eigenvalue weighted by molar-refractivity contribution is 5.95. The molecule has 1 fully saturated rings. The minimum Gasteiger partial charge on any atom is -0.378 e. The van der Waals surface area contributed by atoms with E-state index in [9.17, 15) is 4.79 Å². The van der Waals surface area contributed by atoms with Crippen molar-refractivity contribution in [1.29, 1.82) is 0 Å². The van der Waals surface area contributed by atoms with Gasteiger partial charge in [-0.25, -0.2) is 4.98 Å². The van der Waals surface area contributed by atoms with Crippen molar-refractivity contribution >= 4 is 23.4 Å². The molecule has 0 spiro atoms. The number of benzene rings is 1. The zero-order valence-corrected chi connectivity index (χ0v) is 20.4. The summed E-state index contributed by atoms with van der Waals surface area (Å²) in [6.45, 7) is 4.03. The standard InChI is InChI=1S/C28H27N7O2/c36-27(31-19-20-4-9-29-10-5-20)22-3-1-2-21(18-22)25-24-8-13-35(23-6-11-30-12-7-23)26(24)33-28(32-25)34-14-16-37-17-15-34/h1-7,9-12,18H,8,13-17,19H2,(H,31,36). The zero-order valence-electron chi connectivity index (χ0n) is 20.4. The van der Waals surface area contributed by atoms with Gasteiger partial charge in [-0.2, -0.15) is 4.98 Å². The van der Waals surface area contributed by atoms with Crippen LogP contribution in [-0.2, 0) is 17.7 Å². The highest BCUT2D eigenvalue weighted by Crippen LogP contribution is 2.39. The number of pyridine rings is 2. The molecule has 0 radical (unpaired) electrons. The molecule has 0 bridgehead atoms. The number of anilines is 3. The summed E-state index contributed by atoms with van der Waals surface area (Å²) in [4.78, 5) is 35.6. The van der Waals surface area contributed by atoms with Crippen LogP contribution in [0.2, 0.25) is 0 Å². The van der Waals surface area contributed by atoms with Gasteiger partial charge in [0.05, 0.1) is 18.9 Å². The number of hydrogen-bond donors (Lipinski definition) is 1. The van der Waals surface area contributed by atoms with Gasteiger partial charge in [0.25, 0.3) is 5.91 Å². The summed E-state index contributed by atoms with van der Waals surface area (Å²) in [5.74, 6) is 1.46. The number of aromatic nitrogens is 4. The maximum atomic E-state index is 13.0. The largest absolute Gasteiger partial charge is 0.378 e. The Kier molecular flexibility index (Phi) is 6.43. The lowest BCUT2D eigenvalue weighted by Crippen LogP contribution is -2.37. The maximum absolute atomic E-state index is 13.0. The van der Waals surface area contributed by atoms with Gasteiger partial charge in [-0.3, -0.25) is 14.8 Å². The molecular weight excluding hydrogens is 466 g/mol. The average Bonchev–Trinajstić information content (AvgIpc) is 3.41. The van der Waals surface area contributed by atoms with Crippen LogP contribution in [0.1, 0.15) is 21.5 Å². The van der Waals surface area contributed by atoms with Crippen LogP contribution in [0.15, 0.2) is 73.3 Å². The van der Waals surface area contributed by atoms with E-state index in [-0.39, 0.29) is 5.91 Å². The van der Waals surface area contributed by atoms with Crippen molar-refractivity contribution in [3.63, 3.8) is 0 Å². The predicted molar refractivity (Wildman–Crippen MR) is 141 cm³/mol. The van der Waals surface area contributed by atoms with Crippen LogP contribution >= 0.6 is 0 Å². The van der Waals surface area contributed by atoms with E-state index in [2.05, 4.69) is 25.1 Å². The first kappa shape index (κ1) is 23.1. The third-order valence-corrected chi connectivity index (χ3v) is 6.68. The first-order valence-electron chi connectivity index (χ1n) is 12.4. The summed E-state index contributed by atoms with van der Waals surface area (Å²) in [6, 6.07) is 15.5. The van der Waals surface area contributed by atoms with Crippen molar-refractivity contribution in [1.82, 2.24) is 25.3 Å². The van der Waals surface area contributed by atoms with Gasteiger partial charge in [-0.15, -0.1) is 0 Å². The Hall–Kier alpha value is -4.37. The molecule has 9 heteroatoms. The Morgan fingerprint density at radius 1 is 0.919 bits per heavy atom. The first-order valence-corrected chi connectivity index (χ1v) is 12.4. The molecule has 3 aromatic heterocycles. The van der Waals surface area contributed by atoms with Crippen molar-refractivity contribution in [3.8, 4) is 11.3 Å². The Balaban J connectivity index is 1.36. The second-order valence-electron chi connectivity index (χ2n) is 9.00. The van der Waals surface area contributed by atoms with Crippen LogP contribution in [0.3, 0.4) is 0 Å². The molecule has 5 heterocycles. The second kappa shape index (κ2) is 10.3. The highest BCUT2D eigenvalue weighted by Gasteiger charge is 2.29. The van der Waals surface area contributed by atoms with Crippen molar-refractivity contribution in [3.05, 3.63) is 90.0 Å². The van der Waals surface area contributed by atoms with Gasteiger partial charge in [0.1, 0.15) is 5.82 Å². The normalized spacial score (nSPS) is 14.9. The fourth-order valence-electron chi connectivity index (χ4n) is 4.76. The third kappa shape index (κ3) is 4.85. The molecule has 0 aliphatic carbocycles. The summed E-state index contributed by atoms with van der Waals surface area (Å²) < 4.78 is 5.55. The molecule has 186 valence electrons. The van der Waals surface area contributed by atoms with E-state index in [1.165, 1.54) is 0 Å². The number of carbonyl (C=O) groups excluding carboxylic acids is 1. The van der Waals surface area contributed by atoms with Crippen LogP contribution in [0, 0.1) is 0 Å². The summed E-state index contributed by atoms with van der Waals surface area (Å²) in [5.41, 5.74) is 5.50. The van der Waals surface area contributed by atoms with E-state index in [4.69, 9.17) is 14.7 Å². The van der Waals surface area contributed by atoms with Gasteiger partial charge in [0.15, 0.2) is 0 Å². The Morgan fingerprint density at radius 3 is 2.46 bits per heavy atom. The number of fused-ring (bicyclic) bond motifs is 1. The fourth-order valence-corrected chi connectivity index (χ4v) is 4.76. The molecule has 9 nitrogen and oxygen atoms in total. The number of rotatable bonds is 6. The van der Waals surface area contributed by atoms with Gasteiger partial charge < -0.3 is 19.9 Å². The van der Waals surface area contributed by atoms with E-state index in [1.807, 2.05) is 48.5 Å². The first-order chi connectivity index (χ1) is 18.3. The minimum absolute atomic E-state index is 0.129. The monoisotopic (exact) mass is 493 g/mol. The van der Waals surface area contributed by atoms with Crippen LogP contribution < -0.4 is 15.1 Å². The summed E-state index contributed by atoms with van der Waals surface area (Å²) in [5, 5.41) is 3.00. The maximum Gasteiger partial charge on any atom is 0.251 e. The number of ether oxygens (including phenoxy) is 1. The fraction of sp³-hybridized carbons (Fsp3) is 0.250. The number of carbonyl (C=O) groups is 1. The van der Waals surface area contributed by atoms with E-state index in [1.54, 1.807) is 24.8 Å². The minimum atomic E-state index is -0.129. The summed E-state index contributed by atoms with van der Waals surface area (Å²) in [6.07, 6.45) is 7.85. The third-order valence-electron chi connectivity index (χ3n) is 6.68. The molecule has 1 aromatic carbocycles. The van der Waals surface area contributed by atoms with Gasteiger partial charge in [0, 0.05) is 73.3 Å². The quantitative estimate of drug-likeness (QED) is 0.437. The number of morpholine rings is 1. The van der Waals surface area contributed by atoms with Gasteiger partial charge in [-0.1, -0.05) is 12.1 Å². The van der Waals surface area contributed by atoms with Crippen molar-refractivity contribution in [2.45, 2.75) is 13.0 Å². The number of nitrogens with one attached hydrogen (secondary N) is 1. The highest BCUT2D eigenvalue weighted by atomic mass is 16.5. The molecule has 0 saturated carbocycles. The molecule has 2 aliphatic heterocycles. The van der Waals surface area contributed by atoms with E-state index in [0.717, 1.165) is 59.9 Å². The SMILES string of the molecule is O=C(NCc1ccncc1)c1cccc(-c2nc(N3CCOCC3)nc3c2CCN3c2ccncc2)c1. The Morgan fingerprint density at radius 2 is 1.68 bits per heavy atom. The summed E-state index contributed by atoms with van der Waals surface area (Å²) >= 11 is 0. The predicted octanol–water partition coefficient (Wildman–Crippen LogP) is 3.39. The Labute approximate surface area is 215 Å². The number of hydrogen-bond acceptors (Lipinski definition) is 8. The topological polar surface area (TPSA) is 96.4 Å². The van der Waals surface area contributed by atoms with Gasteiger partial charge in [-0.05, 0) is 48.4 Å². The van der Waals surface area contributed by atoms with E-state index < -0.39 is 0 Å². The van der Waals surface area contributed by atoms with Crippen LogP contribution in [0.4, 0.5) is 17.5 Å². The molecular formula is C28H27N7O2. The average molecular weight is 494 g/mol. The Bertz CT molecular complexity index is 1390.